The quantitative estimate of drug-likeness (QED) is 0.178. The van der Waals surface area contributed by atoms with Crippen LogP contribution >= 0.6 is 0 Å². The van der Waals surface area contributed by atoms with E-state index in [2.05, 4.69) is 145 Å². The molecule has 0 radical (unpaired) electrons. The van der Waals surface area contributed by atoms with E-state index >= 15 is 0 Å². The lowest BCUT2D eigenvalue weighted by Crippen LogP contribution is -2.11. The van der Waals surface area contributed by atoms with Gasteiger partial charge in [0.1, 0.15) is 0 Å². The standard InChI is InChI=1S/C37H25N/c1-24-20-22-27(23-21-24)38(26-12-3-2-4-13-26)37-31-15-6-5-14-30(31)35-32-18-8-11-25-10-7-16-28(34(25)32)29-17-9-19-33(37)36(29)35/h2-23H,1H3. The zero-order valence-electron chi connectivity index (χ0n) is 21.1. The third-order valence-electron chi connectivity index (χ3n) is 8.02. The van der Waals surface area contributed by atoms with Crippen molar-refractivity contribution in [2.45, 2.75) is 6.92 Å². The summed E-state index contributed by atoms with van der Waals surface area (Å²) in [5.41, 5.74) is 4.79. The van der Waals surface area contributed by atoms with E-state index in [1.807, 2.05) is 0 Å². The Morgan fingerprint density at radius 1 is 0.368 bits per heavy atom. The Labute approximate surface area is 221 Å². The number of hydrogen-bond acceptors (Lipinski definition) is 1. The third kappa shape index (κ3) is 2.93. The Morgan fingerprint density at radius 3 is 1.63 bits per heavy atom. The molecule has 0 fully saturated rings. The highest BCUT2D eigenvalue weighted by Gasteiger charge is 2.23. The van der Waals surface area contributed by atoms with Gasteiger partial charge in [0, 0.05) is 27.5 Å². The molecule has 0 saturated carbocycles. The number of rotatable bonds is 3. The number of fused-ring (bicyclic) bond motifs is 4. The van der Waals surface area contributed by atoms with Gasteiger partial charge < -0.3 is 4.90 Å². The summed E-state index contributed by atoms with van der Waals surface area (Å²) < 4.78 is 0. The molecule has 0 amide bonds. The first-order valence-electron chi connectivity index (χ1n) is 13.2. The van der Waals surface area contributed by atoms with Crippen molar-refractivity contribution in [1.82, 2.24) is 0 Å². The van der Waals surface area contributed by atoms with Crippen molar-refractivity contribution in [2.75, 3.05) is 4.90 Å². The van der Waals surface area contributed by atoms with Crippen LogP contribution in [-0.4, -0.2) is 0 Å². The van der Waals surface area contributed by atoms with Gasteiger partial charge in [0.2, 0.25) is 0 Å². The first kappa shape index (κ1) is 21.2. The van der Waals surface area contributed by atoms with Gasteiger partial charge in [-0.15, -0.1) is 0 Å². The highest BCUT2D eigenvalue weighted by Crippen LogP contribution is 2.50. The number of hydrogen-bond donors (Lipinski definition) is 0. The molecule has 0 N–H and O–H groups in total. The smallest absolute Gasteiger partial charge is 0.0619 e. The van der Waals surface area contributed by atoms with Gasteiger partial charge in [-0.05, 0) is 68.9 Å². The Bertz CT molecular complexity index is 2120. The SMILES string of the molecule is Cc1ccc(N(c2ccccc2)c2c3ccccc3c3c4cccc5cccc(c6cccc2c63)c54)cc1. The largest absolute Gasteiger partial charge is 0.309 e. The summed E-state index contributed by atoms with van der Waals surface area (Å²) >= 11 is 0. The zero-order chi connectivity index (χ0) is 25.2. The topological polar surface area (TPSA) is 3.24 Å². The molecule has 1 nitrogen and oxygen atoms in total. The van der Waals surface area contributed by atoms with E-state index < -0.39 is 0 Å². The van der Waals surface area contributed by atoms with Crippen molar-refractivity contribution in [1.29, 1.82) is 0 Å². The van der Waals surface area contributed by atoms with Crippen LogP contribution in [0.3, 0.4) is 0 Å². The molecule has 38 heavy (non-hydrogen) atoms. The van der Waals surface area contributed by atoms with Crippen molar-refractivity contribution >= 4 is 70.9 Å². The molecule has 178 valence electrons. The second-order valence-corrected chi connectivity index (χ2v) is 10.2. The normalized spacial score (nSPS) is 11.8. The van der Waals surface area contributed by atoms with Crippen LogP contribution in [-0.2, 0) is 0 Å². The molecule has 0 bridgehead atoms. The predicted octanol–water partition coefficient (Wildman–Crippen LogP) is 10.7. The Morgan fingerprint density at radius 2 is 0.868 bits per heavy atom. The maximum Gasteiger partial charge on any atom is 0.0619 e. The summed E-state index contributed by atoms with van der Waals surface area (Å²) in [7, 11) is 0. The monoisotopic (exact) mass is 483 g/mol. The fraction of sp³-hybridized carbons (Fsp3) is 0.0270. The molecule has 0 unspecified atom stereocenters. The van der Waals surface area contributed by atoms with Gasteiger partial charge in [0.25, 0.3) is 0 Å². The number of anilines is 3. The Hall–Kier alpha value is -4.88. The minimum atomic E-state index is 1.15. The highest BCUT2D eigenvalue weighted by atomic mass is 15.1. The summed E-state index contributed by atoms with van der Waals surface area (Å²) in [4.78, 5) is 2.44. The average molecular weight is 484 g/mol. The minimum Gasteiger partial charge on any atom is -0.309 e. The predicted molar refractivity (Wildman–Crippen MR) is 165 cm³/mol. The maximum absolute atomic E-state index is 2.44. The molecule has 0 heterocycles. The molecule has 0 aliphatic carbocycles. The van der Waals surface area contributed by atoms with Crippen LogP contribution < -0.4 is 4.90 Å². The number of benzene rings is 8. The van der Waals surface area contributed by atoms with Crippen molar-refractivity contribution in [3.05, 3.63) is 139 Å². The lowest BCUT2D eigenvalue weighted by Gasteiger charge is -2.29. The van der Waals surface area contributed by atoms with Crippen LogP contribution in [0.25, 0.3) is 53.9 Å². The molecular weight excluding hydrogens is 458 g/mol. The molecule has 8 aromatic carbocycles. The molecule has 0 aliphatic rings. The van der Waals surface area contributed by atoms with Crippen LogP contribution in [0.1, 0.15) is 5.56 Å². The summed E-state index contributed by atoms with van der Waals surface area (Å²) in [6.45, 7) is 2.15. The van der Waals surface area contributed by atoms with Crippen LogP contribution in [0.4, 0.5) is 17.1 Å². The zero-order valence-corrected chi connectivity index (χ0v) is 21.1. The van der Waals surface area contributed by atoms with Gasteiger partial charge in [0.05, 0.1) is 5.69 Å². The van der Waals surface area contributed by atoms with Gasteiger partial charge in [0.15, 0.2) is 0 Å². The van der Waals surface area contributed by atoms with Gasteiger partial charge in [-0.2, -0.15) is 0 Å². The Kier molecular flexibility index (Phi) is 4.50. The fourth-order valence-corrected chi connectivity index (χ4v) is 6.40. The van der Waals surface area contributed by atoms with Crippen molar-refractivity contribution in [3.63, 3.8) is 0 Å². The van der Waals surface area contributed by atoms with Crippen LogP contribution in [0.15, 0.2) is 133 Å². The van der Waals surface area contributed by atoms with Crippen LogP contribution in [0.5, 0.6) is 0 Å². The summed E-state index contributed by atoms with van der Waals surface area (Å²) in [5.74, 6) is 0. The average Bonchev–Trinajstić information content (AvgIpc) is 2.98. The van der Waals surface area contributed by atoms with Crippen LogP contribution in [0, 0.1) is 6.92 Å². The molecule has 0 saturated heterocycles. The molecule has 0 spiro atoms. The van der Waals surface area contributed by atoms with Crippen molar-refractivity contribution < 1.29 is 0 Å². The van der Waals surface area contributed by atoms with E-state index in [4.69, 9.17) is 0 Å². The number of nitrogens with zero attached hydrogens (tertiary/aromatic N) is 1. The van der Waals surface area contributed by atoms with E-state index in [1.54, 1.807) is 0 Å². The fourth-order valence-electron chi connectivity index (χ4n) is 6.40. The van der Waals surface area contributed by atoms with Gasteiger partial charge in [-0.1, -0.05) is 115 Å². The van der Waals surface area contributed by atoms with E-state index in [9.17, 15) is 0 Å². The Balaban J connectivity index is 1.64. The van der Waals surface area contributed by atoms with Gasteiger partial charge in [-0.25, -0.2) is 0 Å². The lowest BCUT2D eigenvalue weighted by molar-refractivity contribution is 1.30. The maximum atomic E-state index is 2.44. The second kappa shape index (κ2) is 8.06. The second-order valence-electron chi connectivity index (χ2n) is 10.2. The third-order valence-corrected chi connectivity index (χ3v) is 8.02. The van der Waals surface area contributed by atoms with E-state index in [1.165, 1.54) is 65.1 Å². The number of aryl methyl sites for hydroxylation is 1. The van der Waals surface area contributed by atoms with Gasteiger partial charge in [-0.3, -0.25) is 0 Å². The molecule has 0 aromatic heterocycles. The summed E-state index contributed by atoms with van der Waals surface area (Å²) in [6, 6.07) is 48.9. The lowest BCUT2D eigenvalue weighted by atomic mass is 9.86. The van der Waals surface area contributed by atoms with Crippen LogP contribution in [0.2, 0.25) is 0 Å². The summed E-state index contributed by atoms with van der Waals surface area (Å²) in [6.07, 6.45) is 0. The number of para-hydroxylation sites is 1. The molecule has 8 rings (SSSR count). The van der Waals surface area contributed by atoms with Crippen molar-refractivity contribution in [2.24, 2.45) is 0 Å². The molecule has 0 atom stereocenters. The molecule has 0 aliphatic heterocycles. The van der Waals surface area contributed by atoms with Crippen molar-refractivity contribution in [3.8, 4) is 0 Å². The summed E-state index contributed by atoms with van der Waals surface area (Å²) in [5, 5.41) is 13.1. The molecule has 8 aromatic rings. The van der Waals surface area contributed by atoms with E-state index in [0.29, 0.717) is 0 Å². The van der Waals surface area contributed by atoms with Gasteiger partial charge >= 0.3 is 0 Å². The minimum absolute atomic E-state index is 1.15. The van der Waals surface area contributed by atoms with E-state index in [-0.39, 0.29) is 0 Å². The molecule has 1 heteroatoms. The first-order valence-corrected chi connectivity index (χ1v) is 13.2. The molecular formula is C37H25N. The first-order chi connectivity index (χ1) is 18.8. The van der Waals surface area contributed by atoms with E-state index in [0.717, 1.165) is 11.4 Å². The highest BCUT2D eigenvalue weighted by molar-refractivity contribution is 6.40.